The lowest BCUT2D eigenvalue weighted by molar-refractivity contribution is 0.390. The lowest BCUT2D eigenvalue weighted by Crippen LogP contribution is -2.24. The monoisotopic (exact) mass is 336 g/mol. The molecular formula is C16H21BrN2O. The second kappa shape index (κ2) is 7.60. The molecule has 0 spiro atoms. The first-order valence-corrected chi connectivity index (χ1v) is 7.94. The average Bonchev–Trinajstić information content (AvgIpc) is 2.94. The minimum Gasteiger partial charge on any atom is -0.464 e. The zero-order valence-corrected chi connectivity index (χ0v) is 13.6. The van der Waals surface area contributed by atoms with Gasteiger partial charge in [-0.15, -0.1) is 0 Å². The fraction of sp³-hybridized carbons (Fsp3) is 0.438. The zero-order valence-electron chi connectivity index (χ0n) is 12.0. The molecule has 0 saturated heterocycles. The average molecular weight is 337 g/mol. The maximum Gasteiger partial charge on any atom is 0.121 e. The molecule has 0 bridgehead atoms. The van der Waals surface area contributed by atoms with Crippen molar-refractivity contribution in [3.63, 3.8) is 0 Å². The van der Waals surface area contributed by atoms with Gasteiger partial charge in [0.2, 0.25) is 0 Å². The highest BCUT2D eigenvalue weighted by molar-refractivity contribution is 9.10. The summed E-state index contributed by atoms with van der Waals surface area (Å²) in [4.78, 5) is 4.45. The molecule has 2 aromatic heterocycles. The van der Waals surface area contributed by atoms with Crippen LogP contribution in [0.1, 0.15) is 43.5 Å². The van der Waals surface area contributed by atoms with E-state index in [1.54, 1.807) is 0 Å². The van der Waals surface area contributed by atoms with Gasteiger partial charge in [-0.25, -0.2) is 0 Å². The normalized spacial score (nSPS) is 12.6. The molecule has 0 fully saturated rings. The molecule has 20 heavy (non-hydrogen) atoms. The zero-order chi connectivity index (χ0) is 14.4. The molecule has 1 N–H and O–H groups in total. The van der Waals surface area contributed by atoms with Gasteiger partial charge >= 0.3 is 0 Å². The summed E-state index contributed by atoms with van der Waals surface area (Å²) in [6.07, 6.45) is 4.71. The van der Waals surface area contributed by atoms with Gasteiger partial charge in [-0.05, 0) is 53.2 Å². The van der Waals surface area contributed by atoms with Crippen molar-refractivity contribution in [2.75, 3.05) is 6.54 Å². The van der Waals surface area contributed by atoms with Crippen molar-refractivity contribution < 1.29 is 4.42 Å². The first-order chi connectivity index (χ1) is 9.72. The van der Waals surface area contributed by atoms with Crippen molar-refractivity contribution >= 4 is 15.9 Å². The highest BCUT2D eigenvalue weighted by Gasteiger charge is 2.16. The summed E-state index contributed by atoms with van der Waals surface area (Å²) >= 11 is 3.41. The van der Waals surface area contributed by atoms with Crippen molar-refractivity contribution in [2.24, 2.45) is 0 Å². The van der Waals surface area contributed by atoms with E-state index < -0.39 is 0 Å². The second-order valence-corrected chi connectivity index (χ2v) is 5.75. The summed E-state index contributed by atoms with van der Waals surface area (Å²) in [5.41, 5.74) is 1.07. The SMILES string of the molecule is CCCNC(Cc1ccc(Br)cn1)c1ccc(CC)o1. The molecule has 1 unspecified atom stereocenters. The van der Waals surface area contributed by atoms with Crippen LogP contribution in [0, 0.1) is 0 Å². The minimum atomic E-state index is 0.184. The van der Waals surface area contributed by atoms with Crippen molar-refractivity contribution in [2.45, 2.75) is 39.2 Å². The molecule has 0 aliphatic heterocycles. The third-order valence-corrected chi connectivity index (χ3v) is 3.69. The summed E-state index contributed by atoms with van der Waals surface area (Å²) in [7, 11) is 0. The van der Waals surface area contributed by atoms with Gasteiger partial charge in [0.15, 0.2) is 0 Å². The standard InChI is InChI=1S/C16H21BrN2O/c1-3-9-18-15(16-8-7-14(4-2)20-16)10-13-6-5-12(17)11-19-13/h5-8,11,15,18H,3-4,9-10H2,1-2H3. The fourth-order valence-corrected chi connectivity index (χ4v) is 2.33. The molecule has 4 heteroatoms. The van der Waals surface area contributed by atoms with Crippen molar-refractivity contribution in [1.82, 2.24) is 10.3 Å². The van der Waals surface area contributed by atoms with Gasteiger partial charge in [0.05, 0.1) is 6.04 Å². The van der Waals surface area contributed by atoms with E-state index in [1.807, 2.05) is 18.3 Å². The van der Waals surface area contributed by atoms with Crippen LogP contribution in [-0.2, 0) is 12.8 Å². The smallest absolute Gasteiger partial charge is 0.121 e. The molecule has 2 rings (SSSR count). The highest BCUT2D eigenvalue weighted by Crippen LogP contribution is 2.21. The number of nitrogens with one attached hydrogen (secondary N) is 1. The van der Waals surface area contributed by atoms with E-state index >= 15 is 0 Å². The number of furan rings is 1. The number of pyridine rings is 1. The fourth-order valence-electron chi connectivity index (χ4n) is 2.10. The van der Waals surface area contributed by atoms with Crippen LogP contribution in [0.25, 0.3) is 0 Å². The third kappa shape index (κ3) is 4.18. The Morgan fingerprint density at radius 2 is 2.10 bits per heavy atom. The Labute approximate surface area is 128 Å². The van der Waals surface area contributed by atoms with Crippen molar-refractivity contribution in [1.29, 1.82) is 0 Å². The Balaban J connectivity index is 2.12. The van der Waals surface area contributed by atoms with E-state index in [4.69, 9.17) is 4.42 Å². The van der Waals surface area contributed by atoms with Crippen molar-refractivity contribution in [3.8, 4) is 0 Å². The summed E-state index contributed by atoms with van der Waals surface area (Å²) in [5.74, 6) is 2.03. The lowest BCUT2D eigenvalue weighted by Gasteiger charge is -2.16. The Morgan fingerprint density at radius 3 is 2.70 bits per heavy atom. The molecule has 3 nitrogen and oxygen atoms in total. The first kappa shape index (κ1) is 15.3. The predicted molar refractivity (Wildman–Crippen MR) is 84.8 cm³/mol. The molecule has 2 aromatic rings. The molecule has 0 aromatic carbocycles. The van der Waals surface area contributed by atoms with Crippen LogP contribution >= 0.6 is 15.9 Å². The van der Waals surface area contributed by atoms with E-state index in [-0.39, 0.29) is 6.04 Å². The summed E-state index contributed by atoms with van der Waals surface area (Å²) in [6, 6.07) is 8.40. The number of aromatic nitrogens is 1. The van der Waals surface area contributed by atoms with Crippen LogP contribution in [-0.4, -0.2) is 11.5 Å². The van der Waals surface area contributed by atoms with Gasteiger partial charge in [0.1, 0.15) is 11.5 Å². The Hall–Kier alpha value is -1.13. The lowest BCUT2D eigenvalue weighted by atomic mass is 10.1. The van der Waals surface area contributed by atoms with Crippen LogP contribution in [0.2, 0.25) is 0 Å². The van der Waals surface area contributed by atoms with Crippen LogP contribution in [0.4, 0.5) is 0 Å². The number of hydrogen-bond donors (Lipinski definition) is 1. The largest absolute Gasteiger partial charge is 0.464 e. The van der Waals surface area contributed by atoms with Gasteiger partial charge in [0, 0.05) is 29.2 Å². The van der Waals surface area contributed by atoms with Crippen LogP contribution < -0.4 is 5.32 Å². The number of halogens is 1. The van der Waals surface area contributed by atoms with E-state index in [2.05, 4.69) is 52.2 Å². The predicted octanol–water partition coefficient (Wildman–Crippen LogP) is 4.28. The van der Waals surface area contributed by atoms with Crippen molar-refractivity contribution in [3.05, 3.63) is 52.1 Å². The van der Waals surface area contributed by atoms with E-state index in [0.29, 0.717) is 0 Å². The van der Waals surface area contributed by atoms with Gasteiger partial charge < -0.3 is 9.73 Å². The number of aryl methyl sites for hydroxylation is 1. The van der Waals surface area contributed by atoms with Gasteiger partial charge in [0.25, 0.3) is 0 Å². The molecule has 2 heterocycles. The van der Waals surface area contributed by atoms with Gasteiger partial charge in [-0.1, -0.05) is 13.8 Å². The van der Waals surface area contributed by atoms with Crippen LogP contribution in [0.15, 0.2) is 39.4 Å². The third-order valence-electron chi connectivity index (χ3n) is 3.22. The van der Waals surface area contributed by atoms with E-state index in [0.717, 1.165) is 47.5 Å². The van der Waals surface area contributed by atoms with E-state index in [9.17, 15) is 0 Å². The molecule has 0 aliphatic rings. The second-order valence-electron chi connectivity index (χ2n) is 4.84. The molecular weight excluding hydrogens is 316 g/mol. The quantitative estimate of drug-likeness (QED) is 0.819. The minimum absolute atomic E-state index is 0.184. The summed E-state index contributed by atoms with van der Waals surface area (Å²) in [6.45, 7) is 5.25. The molecule has 0 radical (unpaired) electrons. The van der Waals surface area contributed by atoms with Crippen LogP contribution in [0.5, 0.6) is 0 Å². The summed E-state index contributed by atoms with van der Waals surface area (Å²) < 4.78 is 6.89. The van der Waals surface area contributed by atoms with Gasteiger partial charge in [-0.2, -0.15) is 0 Å². The maximum absolute atomic E-state index is 5.89. The Morgan fingerprint density at radius 1 is 1.25 bits per heavy atom. The molecule has 1 atom stereocenters. The van der Waals surface area contributed by atoms with Gasteiger partial charge in [-0.3, -0.25) is 4.98 Å². The topological polar surface area (TPSA) is 38.1 Å². The molecule has 0 aliphatic carbocycles. The number of nitrogens with zero attached hydrogens (tertiary/aromatic N) is 1. The Bertz CT molecular complexity index is 522. The first-order valence-electron chi connectivity index (χ1n) is 7.15. The Kier molecular flexibility index (Phi) is 5.80. The van der Waals surface area contributed by atoms with Crippen LogP contribution in [0.3, 0.4) is 0 Å². The maximum atomic E-state index is 5.89. The molecule has 108 valence electrons. The summed E-state index contributed by atoms with van der Waals surface area (Å²) in [5, 5.41) is 3.54. The highest BCUT2D eigenvalue weighted by atomic mass is 79.9. The number of hydrogen-bond acceptors (Lipinski definition) is 3. The molecule has 0 saturated carbocycles. The number of rotatable bonds is 7. The molecule has 0 amide bonds. The van der Waals surface area contributed by atoms with E-state index in [1.165, 1.54) is 0 Å².